The first-order valence-corrected chi connectivity index (χ1v) is 8.84. The summed E-state index contributed by atoms with van der Waals surface area (Å²) in [6.07, 6.45) is 0. The van der Waals surface area contributed by atoms with Crippen LogP contribution in [0.5, 0.6) is 0 Å². The molecule has 1 aliphatic heterocycles. The number of amides is 1. The third-order valence-electron chi connectivity index (χ3n) is 5.65. The van der Waals surface area contributed by atoms with Crippen molar-refractivity contribution < 1.29 is 9.18 Å². The summed E-state index contributed by atoms with van der Waals surface area (Å²) in [4.78, 5) is 18.6. The molecule has 1 aliphatic rings. The number of guanidine groups is 1. The molecule has 6 heteroatoms. The van der Waals surface area contributed by atoms with Crippen LogP contribution >= 0.6 is 0 Å². The lowest BCUT2D eigenvalue weighted by Gasteiger charge is -2.46. The zero-order valence-corrected chi connectivity index (χ0v) is 16.3. The molecule has 0 saturated heterocycles. The average molecular weight is 368 g/mol. The van der Waals surface area contributed by atoms with E-state index in [-0.39, 0.29) is 11.9 Å². The first-order valence-electron chi connectivity index (χ1n) is 8.84. The maximum atomic E-state index is 14.8. The van der Waals surface area contributed by atoms with Gasteiger partial charge in [-0.1, -0.05) is 18.2 Å². The summed E-state index contributed by atoms with van der Waals surface area (Å²) < 4.78 is 14.8. The number of halogens is 1. The topological polar surface area (TPSA) is 70.7 Å². The van der Waals surface area contributed by atoms with Crippen molar-refractivity contribution in [1.29, 1.82) is 0 Å². The van der Waals surface area contributed by atoms with Crippen LogP contribution < -0.4 is 11.1 Å². The third-order valence-corrected chi connectivity index (χ3v) is 5.65. The predicted molar refractivity (Wildman–Crippen MR) is 106 cm³/mol. The number of para-hydroxylation sites is 1. The summed E-state index contributed by atoms with van der Waals surface area (Å²) in [5, 5.41) is 3.31. The number of rotatable bonds is 3. The minimum Gasteiger partial charge on any atom is -0.369 e. The van der Waals surface area contributed by atoms with Gasteiger partial charge in [-0.15, -0.1) is 0 Å². The van der Waals surface area contributed by atoms with Crippen LogP contribution in [0.1, 0.15) is 31.9 Å². The largest absolute Gasteiger partial charge is 0.369 e. The summed E-state index contributed by atoms with van der Waals surface area (Å²) in [7, 11) is 1.58. The fraction of sp³-hybridized carbons (Fsp3) is 0.333. The van der Waals surface area contributed by atoms with Crippen molar-refractivity contribution in [3.63, 3.8) is 0 Å². The van der Waals surface area contributed by atoms with Gasteiger partial charge in [0, 0.05) is 24.0 Å². The van der Waals surface area contributed by atoms with Crippen molar-refractivity contribution in [3.8, 4) is 0 Å². The van der Waals surface area contributed by atoms with E-state index in [4.69, 9.17) is 5.73 Å². The van der Waals surface area contributed by atoms with Crippen LogP contribution in [-0.4, -0.2) is 23.8 Å². The zero-order chi connectivity index (χ0) is 20.0. The van der Waals surface area contributed by atoms with Gasteiger partial charge in [0.1, 0.15) is 11.4 Å². The molecule has 0 unspecified atom stereocenters. The van der Waals surface area contributed by atoms with Gasteiger partial charge in [0.2, 0.25) is 5.91 Å². The summed E-state index contributed by atoms with van der Waals surface area (Å²) in [5.74, 6) is -0.539. The fourth-order valence-corrected chi connectivity index (χ4v) is 3.42. The Morgan fingerprint density at radius 2 is 1.81 bits per heavy atom. The van der Waals surface area contributed by atoms with Crippen molar-refractivity contribution in [3.05, 3.63) is 59.4 Å². The lowest BCUT2D eigenvalue weighted by atomic mass is 9.67. The molecule has 0 saturated carbocycles. The Hall–Kier alpha value is -2.89. The van der Waals surface area contributed by atoms with Crippen LogP contribution in [0.4, 0.5) is 15.8 Å². The number of hydrogen-bond acceptors (Lipinski definition) is 4. The molecular formula is C21H25FN4O. The van der Waals surface area contributed by atoms with E-state index in [1.54, 1.807) is 40.0 Å². The van der Waals surface area contributed by atoms with Gasteiger partial charge in [-0.2, -0.15) is 0 Å². The highest BCUT2D eigenvalue weighted by Crippen LogP contribution is 2.47. The number of nitrogens with zero attached hydrogens (tertiary/aromatic N) is 2. The molecule has 0 aliphatic carbocycles. The molecule has 0 radical (unpaired) electrons. The normalized spacial score (nSPS) is 21.8. The van der Waals surface area contributed by atoms with E-state index in [1.807, 2.05) is 31.2 Å². The fourth-order valence-electron chi connectivity index (χ4n) is 3.42. The monoisotopic (exact) mass is 368 g/mol. The van der Waals surface area contributed by atoms with Gasteiger partial charge in [0.15, 0.2) is 5.96 Å². The molecule has 142 valence electrons. The third kappa shape index (κ3) is 2.95. The van der Waals surface area contributed by atoms with Crippen molar-refractivity contribution >= 4 is 23.2 Å². The summed E-state index contributed by atoms with van der Waals surface area (Å²) >= 11 is 0. The Morgan fingerprint density at radius 3 is 2.48 bits per heavy atom. The molecule has 1 atom stereocenters. The van der Waals surface area contributed by atoms with E-state index in [1.165, 1.54) is 11.0 Å². The van der Waals surface area contributed by atoms with Crippen molar-refractivity contribution in [2.75, 3.05) is 12.4 Å². The Kier molecular flexibility index (Phi) is 4.46. The number of nitrogens with one attached hydrogen (secondary N) is 1. The molecule has 2 aromatic carbocycles. The molecule has 2 aromatic rings. The van der Waals surface area contributed by atoms with E-state index >= 15 is 0 Å². The Bertz CT molecular complexity index is 938. The molecule has 0 aromatic heterocycles. The second-order valence-corrected chi connectivity index (χ2v) is 7.67. The number of carbonyl (C=O) groups is 1. The molecule has 1 amide bonds. The second-order valence-electron chi connectivity index (χ2n) is 7.67. The minimum atomic E-state index is -1.13. The highest BCUT2D eigenvalue weighted by molar-refractivity contribution is 6.01. The van der Waals surface area contributed by atoms with Gasteiger partial charge in [0.05, 0.1) is 5.41 Å². The predicted octanol–water partition coefficient (Wildman–Crippen LogP) is 3.91. The standard InChI is InChI=1S/C21H25FN4O/c1-13-8-6-7-9-17(13)24-14-10-11-16(22)15(12-14)21(4)20(2,3)18(27)26(5)19(23)25-21/h6-12,24H,1-5H3,(H2,23,25)/t21-/m1/s1. The van der Waals surface area contributed by atoms with Crippen LogP contribution in [-0.2, 0) is 10.3 Å². The molecule has 3 rings (SSSR count). The van der Waals surface area contributed by atoms with Gasteiger partial charge < -0.3 is 11.1 Å². The number of hydrogen-bond donors (Lipinski definition) is 2. The van der Waals surface area contributed by atoms with E-state index < -0.39 is 16.8 Å². The molecule has 0 bridgehead atoms. The maximum absolute atomic E-state index is 14.8. The number of aliphatic imine (C=N–C) groups is 1. The lowest BCUT2D eigenvalue weighted by Crippen LogP contribution is -2.58. The van der Waals surface area contributed by atoms with Gasteiger partial charge in [0.25, 0.3) is 0 Å². The minimum absolute atomic E-state index is 0.0819. The van der Waals surface area contributed by atoms with E-state index in [9.17, 15) is 9.18 Å². The molecule has 27 heavy (non-hydrogen) atoms. The maximum Gasteiger partial charge on any atom is 0.237 e. The number of anilines is 2. The van der Waals surface area contributed by atoms with Crippen LogP contribution in [0.25, 0.3) is 0 Å². The highest BCUT2D eigenvalue weighted by Gasteiger charge is 2.53. The second kappa shape index (κ2) is 6.37. The van der Waals surface area contributed by atoms with Gasteiger partial charge in [-0.3, -0.25) is 9.69 Å². The highest BCUT2D eigenvalue weighted by atomic mass is 19.1. The molecule has 1 heterocycles. The number of carbonyl (C=O) groups excluding carboxylic acids is 1. The van der Waals surface area contributed by atoms with Crippen molar-refractivity contribution in [1.82, 2.24) is 4.90 Å². The summed E-state index contributed by atoms with van der Waals surface area (Å²) in [6, 6.07) is 12.6. The number of nitrogens with two attached hydrogens (primary N) is 1. The number of aryl methyl sites for hydroxylation is 1. The van der Waals surface area contributed by atoms with Gasteiger partial charge in [-0.25, -0.2) is 9.38 Å². The van der Waals surface area contributed by atoms with E-state index in [2.05, 4.69) is 10.3 Å². The summed E-state index contributed by atoms with van der Waals surface area (Å²) in [6.45, 7) is 7.28. The SMILES string of the molecule is Cc1ccccc1Nc1ccc(F)c([C@@]2(C)N=C(N)N(C)C(=O)C2(C)C)c1. The first kappa shape index (κ1) is 18.9. The molecule has 0 spiro atoms. The number of benzene rings is 2. The Labute approximate surface area is 159 Å². The van der Waals surface area contributed by atoms with Crippen LogP contribution in [0.15, 0.2) is 47.5 Å². The molecular weight excluding hydrogens is 343 g/mol. The van der Waals surface area contributed by atoms with Gasteiger partial charge in [-0.05, 0) is 57.5 Å². The molecule has 0 fully saturated rings. The zero-order valence-electron chi connectivity index (χ0n) is 16.3. The Balaban J connectivity index is 2.11. The summed E-state index contributed by atoms with van der Waals surface area (Å²) in [5.41, 5.74) is 6.91. The molecule has 3 N–H and O–H groups in total. The average Bonchev–Trinajstić information content (AvgIpc) is 2.62. The van der Waals surface area contributed by atoms with Crippen LogP contribution in [0.2, 0.25) is 0 Å². The lowest BCUT2D eigenvalue weighted by molar-refractivity contribution is -0.140. The molecule has 5 nitrogen and oxygen atoms in total. The van der Waals surface area contributed by atoms with E-state index in [0.29, 0.717) is 5.56 Å². The van der Waals surface area contributed by atoms with Gasteiger partial charge >= 0.3 is 0 Å². The van der Waals surface area contributed by atoms with E-state index in [0.717, 1.165) is 16.9 Å². The van der Waals surface area contributed by atoms with Crippen LogP contribution in [0.3, 0.4) is 0 Å². The first-order chi connectivity index (χ1) is 12.6. The van der Waals surface area contributed by atoms with Crippen LogP contribution in [0, 0.1) is 18.2 Å². The Morgan fingerprint density at radius 1 is 1.15 bits per heavy atom. The smallest absolute Gasteiger partial charge is 0.237 e. The quantitative estimate of drug-likeness (QED) is 0.863. The van der Waals surface area contributed by atoms with Crippen molar-refractivity contribution in [2.45, 2.75) is 33.2 Å². The van der Waals surface area contributed by atoms with Crippen molar-refractivity contribution in [2.24, 2.45) is 16.1 Å².